The van der Waals surface area contributed by atoms with Gasteiger partial charge in [-0.2, -0.15) is 0 Å². The topological polar surface area (TPSA) is 33.3 Å². The van der Waals surface area contributed by atoms with Crippen molar-refractivity contribution in [2.45, 2.75) is 13.0 Å². The fourth-order valence-corrected chi connectivity index (χ4v) is 1.96. The molecule has 0 spiro atoms. The van der Waals surface area contributed by atoms with Gasteiger partial charge in [0.15, 0.2) is 0 Å². The number of ether oxygens (including phenoxy) is 1. The number of benzene rings is 1. The van der Waals surface area contributed by atoms with Crippen molar-refractivity contribution in [3.05, 3.63) is 34.3 Å². The maximum atomic E-state index is 4.96. The van der Waals surface area contributed by atoms with E-state index in [-0.39, 0.29) is 0 Å². The summed E-state index contributed by atoms with van der Waals surface area (Å²) in [6.45, 7) is 4.71. The Hall–Kier alpha value is -0.420. The highest BCUT2D eigenvalue weighted by atomic mass is 79.9. The zero-order valence-corrected chi connectivity index (χ0v) is 11.9. The molecule has 0 aliphatic heterocycles. The first-order chi connectivity index (χ1) is 8.33. The van der Waals surface area contributed by atoms with Gasteiger partial charge in [0.1, 0.15) is 0 Å². The van der Waals surface area contributed by atoms with Gasteiger partial charge in [0.05, 0.1) is 6.61 Å². The molecule has 0 fully saturated rings. The maximum absolute atomic E-state index is 4.96. The molecule has 0 aromatic heterocycles. The molecule has 0 bridgehead atoms. The van der Waals surface area contributed by atoms with Crippen LogP contribution in [0.15, 0.2) is 28.7 Å². The number of nitrogens with one attached hydrogen (secondary N) is 2. The molecule has 17 heavy (non-hydrogen) atoms. The van der Waals surface area contributed by atoms with E-state index in [4.69, 9.17) is 4.74 Å². The van der Waals surface area contributed by atoms with Crippen molar-refractivity contribution in [1.82, 2.24) is 10.6 Å². The molecule has 0 saturated heterocycles. The second kappa shape index (κ2) is 9.59. The van der Waals surface area contributed by atoms with E-state index in [2.05, 4.69) is 44.8 Å². The lowest BCUT2D eigenvalue weighted by molar-refractivity contribution is 0.199. The Morgan fingerprint density at radius 2 is 2.00 bits per heavy atom. The van der Waals surface area contributed by atoms with E-state index in [1.165, 1.54) is 5.56 Å². The quantitative estimate of drug-likeness (QED) is 0.686. The predicted octanol–water partition coefficient (Wildman–Crippen LogP) is 2.16. The van der Waals surface area contributed by atoms with Crippen LogP contribution in [0.4, 0.5) is 0 Å². The normalized spacial score (nSPS) is 10.7. The fourth-order valence-electron chi connectivity index (χ4n) is 1.52. The van der Waals surface area contributed by atoms with Gasteiger partial charge in [0, 0.05) is 24.7 Å². The Bertz CT molecular complexity index is 307. The second-order valence-electron chi connectivity index (χ2n) is 3.90. The summed E-state index contributed by atoms with van der Waals surface area (Å²) in [6.07, 6.45) is 1.14. The van der Waals surface area contributed by atoms with Gasteiger partial charge in [0.2, 0.25) is 0 Å². The Kier molecular flexibility index (Phi) is 8.26. The number of methoxy groups -OCH3 is 1. The van der Waals surface area contributed by atoms with Gasteiger partial charge in [-0.05, 0) is 37.2 Å². The van der Waals surface area contributed by atoms with Crippen LogP contribution in [0.3, 0.4) is 0 Å². The van der Waals surface area contributed by atoms with Crippen molar-refractivity contribution in [1.29, 1.82) is 0 Å². The Labute approximate surface area is 112 Å². The van der Waals surface area contributed by atoms with E-state index in [0.717, 1.165) is 43.7 Å². The second-order valence-corrected chi connectivity index (χ2v) is 4.82. The van der Waals surface area contributed by atoms with Crippen LogP contribution < -0.4 is 10.6 Å². The lowest BCUT2D eigenvalue weighted by Crippen LogP contribution is -2.24. The van der Waals surface area contributed by atoms with E-state index in [0.29, 0.717) is 0 Å². The zero-order valence-electron chi connectivity index (χ0n) is 10.3. The number of halogens is 1. The zero-order chi connectivity index (χ0) is 12.3. The molecule has 2 N–H and O–H groups in total. The summed E-state index contributed by atoms with van der Waals surface area (Å²) < 4.78 is 6.09. The van der Waals surface area contributed by atoms with Crippen molar-refractivity contribution < 1.29 is 4.74 Å². The number of rotatable bonds is 9. The molecule has 0 unspecified atom stereocenters. The average molecular weight is 301 g/mol. The monoisotopic (exact) mass is 300 g/mol. The molecule has 1 rings (SSSR count). The molecular weight excluding hydrogens is 280 g/mol. The van der Waals surface area contributed by atoms with Crippen LogP contribution in [0, 0.1) is 0 Å². The molecular formula is C13H21BrN2O. The highest BCUT2D eigenvalue weighted by Crippen LogP contribution is 2.11. The standard InChI is InChI=1S/C13H21BrN2O/c1-17-9-8-15-6-3-7-16-11-12-4-2-5-13(14)10-12/h2,4-5,10,15-16H,3,6-9,11H2,1H3. The minimum Gasteiger partial charge on any atom is -0.383 e. The molecule has 0 aliphatic rings. The largest absolute Gasteiger partial charge is 0.383 e. The molecule has 0 amide bonds. The van der Waals surface area contributed by atoms with Crippen LogP contribution in [0.25, 0.3) is 0 Å². The Morgan fingerprint density at radius 1 is 1.18 bits per heavy atom. The first kappa shape index (κ1) is 14.6. The van der Waals surface area contributed by atoms with Crippen LogP contribution in [-0.2, 0) is 11.3 Å². The Morgan fingerprint density at radius 3 is 2.76 bits per heavy atom. The summed E-state index contributed by atoms with van der Waals surface area (Å²) >= 11 is 3.47. The summed E-state index contributed by atoms with van der Waals surface area (Å²) in [5, 5.41) is 6.75. The summed E-state index contributed by atoms with van der Waals surface area (Å²) in [4.78, 5) is 0. The molecule has 1 aromatic rings. The van der Waals surface area contributed by atoms with Crippen molar-refractivity contribution in [2.24, 2.45) is 0 Å². The molecule has 0 atom stereocenters. The third-order valence-electron chi connectivity index (χ3n) is 2.41. The maximum Gasteiger partial charge on any atom is 0.0587 e. The highest BCUT2D eigenvalue weighted by Gasteiger charge is 1.93. The van der Waals surface area contributed by atoms with Gasteiger partial charge in [-0.15, -0.1) is 0 Å². The van der Waals surface area contributed by atoms with Gasteiger partial charge in [-0.25, -0.2) is 0 Å². The van der Waals surface area contributed by atoms with Gasteiger partial charge >= 0.3 is 0 Å². The number of hydrogen-bond donors (Lipinski definition) is 2. The Balaban J connectivity index is 1.97. The summed E-state index contributed by atoms with van der Waals surface area (Å²) in [6, 6.07) is 8.38. The fraction of sp³-hybridized carbons (Fsp3) is 0.538. The molecule has 4 heteroatoms. The van der Waals surface area contributed by atoms with Crippen molar-refractivity contribution in [3.8, 4) is 0 Å². The third kappa shape index (κ3) is 7.49. The van der Waals surface area contributed by atoms with Gasteiger partial charge < -0.3 is 15.4 Å². The summed E-state index contributed by atoms with van der Waals surface area (Å²) in [5.41, 5.74) is 1.31. The minimum atomic E-state index is 0.783. The smallest absolute Gasteiger partial charge is 0.0587 e. The molecule has 1 aromatic carbocycles. The molecule has 0 heterocycles. The van der Waals surface area contributed by atoms with E-state index < -0.39 is 0 Å². The molecule has 0 radical (unpaired) electrons. The highest BCUT2D eigenvalue weighted by molar-refractivity contribution is 9.10. The predicted molar refractivity (Wildman–Crippen MR) is 75.2 cm³/mol. The molecule has 96 valence electrons. The van der Waals surface area contributed by atoms with Crippen molar-refractivity contribution in [3.63, 3.8) is 0 Å². The van der Waals surface area contributed by atoms with Crippen LogP contribution in [-0.4, -0.2) is 33.4 Å². The number of hydrogen-bond acceptors (Lipinski definition) is 3. The van der Waals surface area contributed by atoms with Crippen LogP contribution in [0.2, 0.25) is 0 Å². The van der Waals surface area contributed by atoms with Crippen molar-refractivity contribution >= 4 is 15.9 Å². The van der Waals surface area contributed by atoms with E-state index in [1.54, 1.807) is 7.11 Å². The lowest BCUT2D eigenvalue weighted by Gasteiger charge is -2.06. The molecule has 3 nitrogen and oxygen atoms in total. The third-order valence-corrected chi connectivity index (χ3v) is 2.90. The summed E-state index contributed by atoms with van der Waals surface area (Å²) in [7, 11) is 1.72. The van der Waals surface area contributed by atoms with Crippen molar-refractivity contribution in [2.75, 3.05) is 33.4 Å². The SMILES string of the molecule is COCCNCCCNCc1cccc(Br)c1. The van der Waals surface area contributed by atoms with E-state index in [1.807, 2.05) is 6.07 Å². The lowest BCUT2D eigenvalue weighted by atomic mass is 10.2. The first-order valence-electron chi connectivity index (χ1n) is 5.98. The minimum absolute atomic E-state index is 0.783. The van der Waals surface area contributed by atoms with E-state index in [9.17, 15) is 0 Å². The van der Waals surface area contributed by atoms with E-state index >= 15 is 0 Å². The van der Waals surface area contributed by atoms with Crippen LogP contribution >= 0.6 is 15.9 Å². The van der Waals surface area contributed by atoms with Crippen LogP contribution in [0.1, 0.15) is 12.0 Å². The van der Waals surface area contributed by atoms with Crippen LogP contribution in [0.5, 0.6) is 0 Å². The first-order valence-corrected chi connectivity index (χ1v) is 6.77. The van der Waals surface area contributed by atoms with Gasteiger partial charge in [-0.1, -0.05) is 28.1 Å². The van der Waals surface area contributed by atoms with Gasteiger partial charge in [-0.3, -0.25) is 0 Å². The van der Waals surface area contributed by atoms with Gasteiger partial charge in [0.25, 0.3) is 0 Å². The molecule has 0 aliphatic carbocycles. The molecule has 0 saturated carbocycles. The summed E-state index contributed by atoms with van der Waals surface area (Å²) in [5.74, 6) is 0. The average Bonchev–Trinajstić information content (AvgIpc) is 2.33.